The minimum absolute atomic E-state index is 0.133. The van der Waals surface area contributed by atoms with E-state index in [0.29, 0.717) is 16.0 Å². The molecule has 1 aromatic rings. The van der Waals surface area contributed by atoms with Gasteiger partial charge in [-0.05, 0) is 12.1 Å². The Hall–Kier alpha value is -1.24. The average molecular weight is 241 g/mol. The zero-order chi connectivity index (χ0) is 11.7. The molecule has 86 valence electrons. The molecule has 1 saturated heterocycles. The summed E-state index contributed by atoms with van der Waals surface area (Å²) in [6.45, 7) is 0.267. The molecule has 0 saturated carbocycles. The third-order valence-corrected chi connectivity index (χ3v) is 3.50. The summed E-state index contributed by atoms with van der Waals surface area (Å²) in [5.41, 5.74) is 0. The SMILES string of the molecule is O=Cc1ccc(C(=O)N2CC(O)C(O)C2)s1. The molecule has 2 atom stereocenters. The first-order valence-corrected chi connectivity index (χ1v) is 5.64. The Balaban J connectivity index is 2.11. The van der Waals surface area contributed by atoms with E-state index in [4.69, 9.17) is 0 Å². The molecule has 2 heterocycles. The summed E-state index contributed by atoms with van der Waals surface area (Å²) in [6.07, 6.45) is -1.07. The molecule has 16 heavy (non-hydrogen) atoms. The van der Waals surface area contributed by atoms with E-state index < -0.39 is 12.2 Å². The van der Waals surface area contributed by atoms with Crippen LogP contribution < -0.4 is 0 Å². The number of hydrogen-bond acceptors (Lipinski definition) is 5. The first kappa shape index (κ1) is 11.3. The number of aldehydes is 1. The first-order chi connectivity index (χ1) is 7.61. The lowest BCUT2D eigenvalue weighted by Crippen LogP contribution is -2.29. The highest BCUT2D eigenvalue weighted by Gasteiger charge is 2.33. The lowest BCUT2D eigenvalue weighted by atomic mass is 10.3. The van der Waals surface area contributed by atoms with Crippen molar-refractivity contribution in [3.63, 3.8) is 0 Å². The molecule has 0 radical (unpaired) electrons. The molecule has 1 fully saturated rings. The number of hydrogen-bond donors (Lipinski definition) is 2. The van der Waals surface area contributed by atoms with Gasteiger partial charge in [0.05, 0.1) is 22.0 Å². The van der Waals surface area contributed by atoms with E-state index in [1.165, 1.54) is 4.90 Å². The molecule has 5 nitrogen and oxygen atoms in total. The molecule has 1 aliphatic heterocycles. The minimum Gasteiger partial charge on any atom is -0.388 e. The molecule has 0 aliphatic carbocycles. The zero-order valence-corrected chi connectivity index (χ0v) is 9.18. The van der Waals surface area contributed by atoms with E-state index >= 15 is 0 Å². The van der Waals surface area contributed by atoms with E-state index in [2.05, 4.69) is 0 Å². The van der Waals surface area contributed by atoms with Gasteiger partial charge in [0.15, 0.2) is 6.29 Å². The van der Waals surface area contributed by atoms with Crippen LogP contribution in [0.15, 0.2) is 12.1 Å². The molecule has 6 heteroatoms. The van der Waals surface area contributed by atoms with Crippen molar-refractivity contribution >= 4 is 23.5 Å². The quantitative estimate of drug-likeness (QED) is 0.699. The van der Waals surface area contributed by atoms with Gasteiger partial charge >= 0.3 is 0 Å². The predicted octanol–water partition coefficient (Wildman–Crippen LogP) is -0.262. The minimum atomic E-state index is -0.880. The Kier molecular flexibility index (Phi) is 3.04. The van der Waals surface area contributed by atoms with Crippen molar-refractivity contribution in [1.82, 2.24) is 4.90 Å². The predicted molar refractivity (Wildman–Crippen MR) is 57.6 cm³/mol. The van der Waals surface area contributed by atoms with Gasteiger partial charge in [0.1, 0.15) is 0 Å². The molecule has 2 unspecified atom stereocenters. The summed E-state index contributed by atoms with van der Waals surface area (Å²) in [7, 11) is 0. The molecule has 0 bridgehead atoms. The second-order valence-electron chi connectivity index (χ2n) is 3.66. The topological polar surface area (TPSA) is 77.8 Å². The van der Waals surface area contributed by atoms with Gasteiger partial charge in [0.2, 0.25) is 0 Å². The Morgan fingerprint density at radius 1 is 1.38 bits per heavy atom. The van der Waals surface area contributed by atoms with Crippen LogP contribution in [0.3, 0.4) is 0 Å². The number of carbonyl (C=O) groups is 2. The smallest absolute Gasteiger partial charge is 0.264 e. The molecular weight excluding hydrogens is 230 g/mol. The average Bonchev–Trinajstić information content (AvgIpc) is 2.86. The molecule has 1 aromatic heterocycles. The molecule has 0 spiro atoms. The van der Waals surface area contributed by atoms with Crippen LogP contribution in [-0.2, 0) is 0 Å². The van der Waals surface area contributed by atoms with Crippen LogP contribution in [0.2, 0.25) is 0 Å². The Morgan fingerprint density at radius 2 is 2.00 bits per heavy atom. The number of β-amino-alcohol motifs (C(OH)–C–C–N with tert-alkyl or cyclic N) is 2. The summed E-state index contributed by atoms with van der Waals surface area (Å²) in [5.74, 6) is -0.256. The monoisotopic (exact) mass is 241 g/mol. The molecule has 1 amide bonds. The lowest BCUT2D eigenvalue weighted by Gasteiger charge is -2.13. The van der Waals surface area contributed by atoms with E-state index in [0.717, 1.165) is 11.3 Å². The summed E-state index contributed by atoms with van der Waals surface area (Å²) < 4.78 is 0. The van der Waals surface area contributed by atoms with Gasteiger partial charge in [0.25, 0.3) is 5.91 Å². The van der Waals surface area contributed by atoms with Crippen LogP contribution in [-0.4, -0.2) is 52.6 Å². The molecule has 1 aliphatic rings. The van der Waals surface area contributed by atoms with Crippen molar-refractivity contribution in [3.8, 4) is 0 Å². The summed E-state index contributed by atoms with van der Waals surface area (Å²) >= 11 is 1.11. The van der Waals surface area contributed by atoms with E-state index in [1.54, 1.807) is 12.1 Å². The second kappa shape index (κ2) is 4.32. The molecule has 2 N–H and O–H groups in total. The number of aliphatic hydroxyl groups excluding tert-OH is 2. The van der Waals surface area contributed by atoms with Crippen LogP contribution in [0.5, 0.6) is 0 Å². The van der Waals surface area contributed by atoms with E-state index in [-0.39, 0.29) is 19.0 Å². The highest BCUT2D eigenvalue weighted by atomic mass is 32.1. The number of nitrogens with zero attached hydrogens (tertiary/aromatic N) is 1. The Morgan fingerprint density at radius 3 is 2.50 bits per heavy atom. The van der Waals surface area contributed by atoms with Gasteiger partial charge in [-0.3, -0.25) is 9.59 Å². The Labute approximate surface area is 95.9 Å². The Bertz CT molecular complexity index is 407. The lowest BCUT2D eigenvalue weighted by molar-refractivity contribution is 0.0572. The third-order valence-electron chi connectivity index (χ3n) is 2.50. The largest absolute Gasteiger partial charge is 0.388 e. The molecular formula is C10H11NO4S. The van der Waals surface area contributed by atoms with Gasteiger partial charge in [-0.1, -0.05) is 0 Å². The van der Waals surface area contributed by atoms with Gasteiger partial charge in [0, 0.05) is 13.1 Å². The van der Waals surface area contributed by atoms with Crippen molar-refractivity contribution in [2.45, 2.75) is 12.2 Å². The maximum Gasteiger partial charge on any atom is 0.264 e. The zero-order valence-electron chi connectivity index (χ0n) is 8.37. The maximum absolute atomic E-state index is 11.9. The van der Waals surface area contributed by atoms with Crippen molar-refractivity contribution in [1.29, 1.82) is 0 Å². The number of thiophene rings is 1. The van der Waals surface area contributed by atoms with Crippen molar-refractivity contribution in [2.75, 3.05) is 13.1 Å². The van der Waals surface area contributed by atoms with Crippen LogP contribution in [0.1, 0.15) is 19.3 Å². The molecule has 2 rings (SSSR count). The fourth-order valence-electron chi connectivity index (χ4n) is 1.62. The van der Waals surface area contributed by atoms with Gasteiger partial charge in [-0.25, -0.2) is 0 Å². The standard InChI is InChI=1S/C10H11NO4S/c12-5-6-1-2-9(16-6)10(15)11-3-7(13)8(14)4-11/h1-2,5,7-8,13-14H,3-4H2. The van der Waals surface area contributed by atoms with Crippen molar-refractivity contribution in [3.05, 3.63) is 21.9 Å². The van der Waals surface area contributed by atoms with Gasteiger partial charge < -0.3 is 15.1 Å². The van der Waals surface area contributed by atoms with Crippen LogP contribution in [0.25, 0.3) is 0 Å². The number of amides is 1. The highest BCUT2D eigenvalue weighted by molar-refractivity contribution is 7.15. The van der Waals surface area contributed by atoms with Crippen LogP contribution in [0.4, 0.5) is 0 Å². The highest BCUT2D eigenvalue weighted by Crippen LogP contribution is 2.19. The third kappa shape index (κ3) is 1.99. The number of likely N-dealkylation sites (tertiary alicyclic amines) is 1. The fourth-order valence-corrected chi connectivity index (χ4v) is 2.41. The van der Waals surface area contributed by atoms with Crippen molar-refractivity contribution in [2.24, 2.45) is 0 Å². The molecule has 0 aromatic carbocycles. The van der Waals surface area contributed by atoms with Crippen LogP contribution >= 0.6 is 11.3 Å². The van der Waals surface area contributed by atoms with Gasteiger partial charge in [-0.2, -0.15) is 0 Å². The van der Waals surface area contributed by atoms with Crippen LogP contribution in [0, 0.1) is 0 Å². The number of carbonyl (C=O) groups excluding carboxylic acids is 2. The number of aliphatic hydroxyl groups is 2. The maximum atomic E-state index is 11.9. The summed E-state index contributed by atoms with van der Waals surface area (Å²) in [4.78, 5) is 24.7. The van der Waals surface area contributed by atoms with Gasteiger partial charge in [-0.15, -0.1) is 11.3 Å². The summed E-state index contributed by atoms with van der Waals surface area (Å²) in [6, 6.07) is 3.15. The first-order valence-electron chi connectivity index (χ1n) is 4.82. The van der Waals surface area contributed by atoms with Crippen molar-refractivity contribution < 1.29 is 19.8 Å². The normalized spacial score (nSPS) is 24.8. The number of rotatable bonds is 2. The fraction of sp³-hybridized carbons (Fsp3) is 0.400. The second-order valence-corrected chi connectivity index (χ2v) is 4.78. The summed E-state index contributed by atoms with van der Waals surface area (Å²) in [5, 5.41) is 18.6. The van der Waals surface area contributed by atoms with E-state index in [1.807, 2.05) is 0 Å². The van der Waals surface area contributed by atoms with E-state index in [9.17, 15) is 19.8 Å².